The molecule has 2 heterocycles. The van der Waals surface area contributed by atoms with Crippen LogP contribution in [0.25, 0.3) is 0 Å². The SMILES string of the molecule is CC1(C)CCN(C(=O)Cc2ccc(Cl)c(Cl)c2)C(CN2CCCC2)C1.Cl. The Morgan fingerprint density at radius 3 is 2.50 bits per heavy atom. The molecule has 3 rings (SSSR count). The van der Waals surface area contributed by atoms with E-state index in [2.05, 4.69) is 23.6 Å². The van der Waals surface area contributed by atoms with E-state index in [9.17, 15) is 4.79 Å². The molecule has 0 aromatic heterocycles. The van der Waals surface area contributed by atoms with Crippen molar-refractivity contribution >= 4 is 41.5 Å². The Hall–Kier alpha value is -0.480. The summed E-state index contributed by atoms with van der Waals surface area (Å²) in [5.74, 6) is 0.207. The molecule has 1 amide bonds. The van der Waals surface area contributed by atoms with Crippen molar-refractivity contribution < 1.29 is 4.79 Å². The van der Waals surface area contributed by atoms with Gasteiger partial charge in [-0.1, -0.05) is 43.1 Å². The summed E-state index contributed by atoms with van der Waals surface area (Å²) >= 11 is 12.1. The summed E-state index contributed by atoms with van der Waals surface area (Å²) in [5.41, 5.74) is 1.24. The van der Waals surface area contributed by atoms with Crippen LogP contribution in [0.5, 0.6) is 0 Å². The van der Waals surface area contributed by atoms with E-state index in [1.54, 1.807) is 6.07 Å². The van der Waals surface area contributed by atoms with E-state index in [1.165, 1.54) is 25.9 Å². The lowest BCUT2D eigenvalue weighted by Gasteiger charge is -2.45. The maximum atomic E-state index is 13.0. The number of rotatable bonds is 4. The minimum atomic E-state index is 0. The number of nitrogens with zero attached hydrogens (tertiary/aromatic N) is 2. The average Bonchev–Trinajstić information content (AvgIpc) is 3.03. The number of halogens is 3. The third-order valence-electron chi connectivity index (χ3n) is 5.59. The summed E-state index contributed by atoms with van der Waals surface area (Å²) < 4.78 is 0. The monoisotopic (exact) mass is 418 g/mol. The van der Waals surface area contributed by atoms with E-state index in [1.807, 2.05) is 12.1 Å². The molecule has 0 aliphatic carbocycles. The highest BCUT2D eigenvalue weighted by atomic mass is 35.5. The smallest absolute Gasteiger partial charge is 0.227 e. The van der Waals surface area contributed by atoms with Crippen LogP contribution < -0.4 is 0 Å². The number of hydrogen-bond acceptors (Lipinski definition) is 2. The fraction of sp³-hybridized carbons (Fsp3) is 0.650. The quantitative estimate of drug-likeness (QED) is 0.680. The van der Waals surface area contributed by atoms with Crippen LogP contribution in [-0.4, -0.2) is 47.9 Å². The van der Waals surface area contributed by atoms with Crippen molar-refractivity contribution in [2.45, 2.75) is 52.0 Å². The lowest BCUT2D eigenvalue weighted by molar-refractivity contribution is -0.136. The highest BCUT2D eigenvalue weighted by Gasteiger charge is 2.36. The van der Waals surface area contributed by atoms with Gasteiger partial charge >= 0.3 is 0 Å². The maximum absolute atomic E-state index is 13.0. The van der Waals surface area contributed by atoms with Gasteiger partial charge in [0.25, 0.3) is 0 Å². The average molecular weight is 420 g/mol. The second-order valence-electron chi connectivity index (χ2n) is 8.29. The molecule has 26 heavy (non-hydrogen) atoms. The zero-order valence-electron chi connectivity index (χ0n) is 15.6. The fourth-order valence-corrected chi connectivity index (χ4v) is 4.46. The van der Waals surface area contributed by atoms with Gasteiger partial charge in [0, 0.05) is 19.1 Å². The number of carbonyl (C=O) groups excluding carboxylic acids is 1. The molecular formula is C20H29Cl3N2O. The maximum Gasteiger partial charge on any atom is 0.227 e. The van der Waals surface area contributed by atoms with Gasteiger partial charge < -0.3 is 9.80 Å². The largest absolute Gasteiger partial charge is 0.338 e. The number of piperidine rings is 1. The van der Waals surface area contributed by atoms with Crippen molar-refractivity contribution in [3.63, 3.8) is 0 Å². The molecule has 0 radical (unpaired) electrons. The topological polar surface area (TPSA) is 23.6 Å². The Labute approximate surface area is 173 Å². The van der Waals surface area contributed by atoms with E-state index >= 15 is 0 Å². The fourth-order valence-electron chi connectivity index (χ4n) is 4.14. The third-order valence-corrected chi connectivity index (χ3v) is 6.32. The van der Waals surface area contributed by atoms with Gasteiger partial charge in [0.1, 0.15) is 0 Å². The summed E-state index contributed by atoms with van der Waals surface area (Å²) in [4.78, 5) is 17.6. The first-order chi connectivity index (χ1) is 11.8. The van der Waals surface area contributed by atoms with Crippen LogP contribution in [0.4, 0.5) is 0 Å². The molecule has 2 aliphatic rings. The molecule has 0 saturated carbocycles. The first-order valence-electron chi connectivity index (χ1n) is 9.30. The number of likely N-dealkylation sites (tertiary alicyclic amines) is 2. The Morgan fingerprint density at radius 1 is 1.15 bits per heavy atom. The van der Waals surface area contributed by atoms with Gasteiger partial charge in [-0.3, -0.25) is 4.79 Å². The number of hydrogen-bond donors (Lipinski definition) is 0. The molecular weight excluding hydrogens is 391 g/mol. The molecule has 1 unspecified atom stereocenters. The summed E-state index contributed by atoms with van der Waals surface area (Å²) in [6.45, 7) is 8.86. The first-order valence-corrected chi connectivity index (χ1v) is 10.1. The van der Waals surface area contributed by atoms with Crippen molar-refractivity contribution in [2.75, 3.05) is 26.2 Å². The summed E-state index contributed by atoms with van der Waals surface area (Å²) in [7, 11) is 0. The Balaban J connectivity index is 0.00000243. The van der Waals surface area contributed by atoms with Crippen LogP contribution in [0.2, 0.25) is 10.0 Å². The second-order valence-corrected chi connectivity index (χ2v) is 9.11. The van der Waals surface area contributed by atoms with E-state index in [-0.39, 0.29) is 18.3 Å². The standard InChI is InChI=1S/C20H28Cl2N2O.ClH/c1-20(2)7-10-24(16(13-20)14-23-8-3-4-9-23)19(25)12-15-5-6-17(21)18(22)11-15;/h5-6,11,16H,3-4,7-10,12-14H2,1-2H3;1H. The van der Waals surface area contributed by atoms with Crippen LogP contribution in [0.15, 0.2) is 18.2 Å². The predicted octanol–water partition coefficient (Wildman–Crippen LogP) is 5.07. The van der Waals surface area contributed by atoms with Crippen molar-refractivity contribution in [1.29, 1.82) is 0 Å². The van der Waals surface area contributed by atoms with Gasteiger partial charge in [-0.05, 0) is 61.9 Å². The molecule has 2 fully saturated rings. The summed E-state index contributed by atoms with van der Waals surface area (Å²) in [6, 6.07) is 5.80. The van der Waals surface area contributed by atoms with E-state index in [0.717, 1.165) is 31.5 Å². The Kier molecular flexibility index (Phi) is 7.67. The Morgan fingerprint density at radius 2 is 1.85 bits per heavy atom. The van der Waals surface area contributed by atoms with Gasteiger partial charge in [0.05, 0.1) is 16.5 Å². The number of amides is 1. The molecule has 0 spiro atoms. The zero-order chi connectivity index (χ0) is 18.0. The first kappa shape index (κ1) is 21.8. The minimum Gasteiger partial charge on any atom is -0.338 e. The Bertz CT molecular complexity index is 629. The van der Waals surface area contributed by atoms with Gasteiger partial charge in [0.2, 0.25) is 5.91 Å². The highest BCUT2D eigenvalue weighted by Crippen LogP contribution is 2.35. The number of benzene rings is 1. The molecule has 1 aromatic carbocycles. The van der Waals surface area contributed by atoms with E-state index in [0.29, 0.717) is 27.9 Å². The van der Waals surface area contributed by atoms with Gasteiger partial charge in [-0.15, -0.1) is 12.4 Å². The van der Waals surface area contributed by atoms with Crippen molar-refractivity contribution in [3.8, 4) is 0 Å². The lowest BCUT2D eigenvalue weighted by atomic mass is 9.78. The van der Waals surface area contributed by atoms with E-state index in [4.69, 9.17) is 23.2 Å². The molecule has 3 nitrogen and oxygen atoms in total. The van der Waals surface area contributed by atoms with Crippen molar-refractivity contribution in [1.82, 2.24) is 9.80 Å². The van der Waals surface area contributed by atoms with Crippen LogP contribution in [0.3, 0.4) is 0 Å². The van der Waals surface area contributed by atoms with Crippen LogP contribution in [-0.2, 0) is 11.2 Å². The molecule has 1 atom stereocenters. The molecule has 6 heteroatoms. The normalized spacial score (nSPS) is 22.9. The summed E-state index contributed by atoms with van der Waals surface area (Å²) in [6.07, 6.45) is 5.11. The van der Waals surface area contributed by atoms with Gasteiger partial charge in [0.15, 0.2) is 0 Å². The van der Waals surface area contributed by atoms with Crippen molar-refractivity contribution in [2.24, 2.45) is 5.41 Å². The molecule has 1 aromatic rings. The van der Waals surface area contributed by atoms with Crippen LogP contribution in [0, 0.1) is 5.41 Å². The second kappa shape index (κ2) is 9.14. The molecule has 0 N–H and O–H groups in total. The zero-order valence-corrected chi connectivity index (χ0v) is 18.0. The predicted molar refractivity (Wildman–Crippen MR) is 112 cm³/mol. The molecule has 2 saturated heterocycles. The highest BCUT2D eigenvalue weighted by molar-refractivity contribution is 6.42. The summed E-state index contributed by atoms with van der Waals surface area (Å²) in [5, 5.41) is 1.05. The molecule has 146 valence electrons. The lowest BCUT2D eigenvalue weighted by Crippen LogP contribution is -2.53. The molecule has 0 bridgehead atoms. The molecule has 2 aliphatic heterocycles. The minimum absolute atomic E-state index is 0. The van der Waals surface area contributed by atoms with Crippen LogP contribution in [0.1, 0.15) is 45.1 Å². The number of carbonyl (C=O) groups is 1. The van der Waals surface area contributed by atoms with Gasteiger partial charge in [-0.25, -0.2) is 0 Å². The van der Waals surface area contributed by atoms with Crippen molar-refractivity contribution in [3.05, 3.63) is 33.8 Å². The van der Waals surface area contributed by atoms with E-state index < -0.39 is 0 Å². The van der Waals surface area contributed by atoms with Gasteiger partial charge in [-0.2, -0.15) is 0 Å². The third kappa shape index (κ3) is 5.51. The van der Waals surface area contributed by atoms with Crippen LogP contribution >= 0.6 is 35.6 Å².